The summed E-state index contributed by atoms with van der Waals surface area (Å²) in [6.45, 7) is 1.08. The van der Waals surface area contributed by atoms with Crippen molar-refractivity contribution in [2.45, 2.75) is 36.9 Å². The molecule has 0 spiro atoms. The van der Waals surface area contributed by atoms with Crippen LogP contribution in [0.1, 0.15) is 28.7 Å². The number of benzene rings is 3. The number of carbonyl (C=O) groups is 1. The number of hydrogen-bond acceptors (Lipinski definition) is 5. The van der Waals surface area contributed by atoms with Gasteiger partial charge in [0.05, 0.1) is 28.5 Å². The highest BCUT2D eigenvalue weighted by atomic mass is 35.5. The quantitative estimate of drug-likeness (QED) is 0.190. The fraction of sp³-hybridized carbons (Fsp3) is 0.321. The molecule has 0 amide bonds. The van der Waals surface area contributed by atoms with Crippen LogP contribution in [0.4, 0.5) is 17.6 Å². The van der Waals surface area contributed by atoms with Gasteiger partial charge in [0.15, 0.2) is 9.84 Å². The number of alkyl halides is 3. The van der Waals surface area contributed by atoms with Gasteiger partial charge in [-0.2, -0.15) is 13.2 Å². The van der Waals surface area contributed by atoms with Crippen LogP contribution in [-0.4, -0.2) is 50.3 Å². The van der Waals surface area contributed by atoms with Crippen molar-refractivity contribution in [1.29, 1.82) is 0 Å². The minimum Gasteiger partial charge on any atom is -0.493 e. The molecule has 0 fully saturated rings. The molecule has 0 aromatic heterocycles. The van der Waals surface area contributed by atoms with Gasteiger partial charge in [0.2, 0.25) is 0 Å². The second-order valence-electron chi connectivity index (χ2n) is 9.21. The number of hydrogen-bond donors (Lipinski definition) is 1. The van der Waals surface area contributed by atoms with Crippen LogP contribution >= 0.6 is 11.6 Å². The van der Waals surface area contributed by atoms with Gasteiger partial charge in [0.1, 0.15) is 11.6 Å². The molecule has 0 saturated carbocycles. The Morgan fingerprint density at radius 1 is 1.05 bits per heavy atom. The molecule has 0 aliphatic rings. The number of halogens is 5. The summed E-state index contributed by atoms with van der Waals surface area (Å²) in [5.41, 5.74) is 0.00365. The van der Waals surface area contributed by atoms with Gasteiger partial charge in [0, 0.05) is 37.5 Å². The van der Waals surface area contributed by atoms with E-state index in [4.69, 9.17) is 21.4 Å². The van der Waals surface area contributed by atoms with Gasteiger partial charge in [-0.05, 0) is 36.1 Å². The molecule has 0 saturated heterocycles. The van der Waals surface area contributed by atoms with Crippen molar-refractivity contribution < 1.29 is 40.6 Å². The summed E-state index contributed by atoms with van der Waals surface area (Å²) in [4.78, 5) is 12.5. The molecule has 0 atom stereocenters. The molecule has 6 nitrogen and oxygen atoms in total. The first-order valence-corrected chi connectivity index (χ1v) is 14.5. The third-order valence-electron chi connectivity index (χ3n) is 6.08. The van der Waals surface area contributed by atoms with E-state index in [9.17, 15) is 30.8 Å². The Labute approximate surface area is 235 Å². The molecule has 0 aliphatic heterocycles. The van der Waals surface area contributed by atoms with Crippen LogP contribution in [0.5, 0.6) is 5.75 Å². The van der Waals surface area contributed by atoms with E-state index in [2.05, 4.69) is 0 Å². The first kappa shape index (κ1) is 31.4. The Balaban J connectivity index is 1.73. The average molecular weight is 602 g/mol. The third-order valence-corrected chi connectivity index (χ3v) is 7.69. The highest BCUT2D eigenvalue weighted by molar-refractivity contribution is 7.90. The highest BCUT2D eigenvalue weighted by Crippen LogP contribution is 2.36. The zero-order valence-corrected chi connectivity index (χ0v) is 23.1. The fourth-order valence-electron chi connectivity index (χ4n) is 4.17. The lowest BCUT2D eigenvalue weighted by Crippen LogP contribution is -2.28. The lowest BCUT2D eigenvalue weighted by molar-refractivity contribution is -0.138. The summed E-state index contributed by atoms with van der Waals surface area (Å²) in [6, 6.07) is 15.4. The molecule has 0 aliphatic carbocycles. The summed E-state index contributed by atoms with van der Waals surface area (Å²) < 4.78 is 84.5. The first-order chi connectivity index (χ1) is 18.8. The van der Waals surface area contributed by atoms with Gasteiger partial charge in [-0.3, -0.25) is 9.69 Å². The van der Waals surface area contributed by atoms with Crippen molar-refractivity contribution in [3.8, 4) is 5.75 Å². The standard InChI is InChI=1S/C28H28ClF4NO5S/c1-40(37,38)25-16-21(15-24(30)22(25)17-26(35)36)39-14-6-12-34(13-11-19-7-3-2-4-8-19)18-20-9-5-10-23(27(20)29)28(31,32)33/h2-5,7-10,15-16H,6,11-14,17-18H2,1H3,(H,35,36). The van der Waals surface area contributed by atoms with E-state index in [0.717, 1.165) is 30.0 Å². The Bertz CT molecular complexity index is 1430. The summed E-state index contributed by atoms with van der Waals surface area (Å²) in [5.74, 6) is -2.47. The van der Waals surface area contributed by atoms with Gasteiger partial charge in [0.25, 0.3) is 0 Å². The van der Waals surface area contributed by atoms with Crippen LogP contribution in [0, 0.1) is 5.82 Å². The molecular formula is C28H28ClF4NO5S. The van der Waals surface area contributed by atoms with E-state index in [-0.39, 0.29) is 23.9 Å². The van der Waals surface area contributed by atoms with E-state index in [1.807, 2.05) is 35.2 Å². The molecule has 0 unspecified atom stereocenters. The van der Waals surface area contributed by atoms with Crippen molar-refractivity contribution in [3.05, 3.63) is 93.8 Å². The topological polar surface area (TPSA) is 83.9 Å². The van der Waals surface area contributed by atoms with Crippen LogP contribution in [0.3, 0.4) is 0 Å². The van der Waals surface area contributed by atoms with Crippen LogP contribution in [0.15, 0.2) is 65.6 Å². The number of ether oxygens (including phenoxy) is 1. The summed E-state index contributed by atoms with van der Waals surface area (Å²) in [5, 5.41) is 8.65. The second kappa shape index (κ2) is 13.5. The molecule has 0 radical (unpaired) electrons. The lowest BCUT2D eigenvalue weighted by atomic mass is 10.1. The van der Waals surface area contributed by atoms with Crippen LogP contribution in [0.2, 0.25) is 5.02 Å². The molecule has 40 heavy (non-hydrogen) atoms. The van der Waals surface area contributed by atoms with E-state index in [0.29, 0.717) is 31.5 Å². The maximum absolute atomic E-state index is 14.6. The van der Waals surface area contributed by atoms with Gasteiger partial charge in [-0.1, -0.05) is 54.1 Å². The predicted octanol–water partition coefficient (Wildman–Crippen LogP) is 6.04. The minimum absolute atomic E-state index is 0.0408. The first-order valence-electron chi connectivity index (χ1n) is 12.2. The van der Waals surface area contributed by atoms with Crippen molar-refractivity contribution in [3.63, 3.8) is 0 Å². The number of aliphatic carboxylic acids is 1. The second-order valence-corrected chi connectivity index (χ2v) is 11.6. The molecular weight excluding hydrogens is 574 g/mol. The zero-order chi connectivity index (χ0) is 29.5. The van der Waals surface area contributed by atoms with Crippen molar-refractivity contribution in [2.24, 2.45) is 0 Å². The van der Waals surface area contributed by atoms with E-state index < -0.39 is 50.2 Å². The van der Waals surface area contributed by atoms with Crippen molar-refractivity contribution in [2.75, 3.05) is 26.0 Å². The normalized spacial score (nSPS) is 12.1. The Morgan fingerprint density at radius 2 is 1.75 bits per heavy atom. The molecule has 216 valence electrons. The maximum Gasteiger partial charge on any atom is 0.417 e. The Hall–Kier alpha value is -3.15. The fourth-order valence-corrected chi connectivity index (χ4v) is 5.41. The third kappa shape index (κ3) is 8.94. The van der Waals surface area contributed by atoms with Crippen LogP contribution < -0.4 is 4.74 Å². The van der Waals surface area contributed by atoms with Crippen LogP contribution in [-0.2, 0) is 40.2 Å². The summed E-state index contributed by atoms with van der Waals surface area (Å²) >= 11 is 6.11. The lowest BCUT2D eigenvalue weighted by Gasteiger charge is -2.24. The number of sulfone groups is 1. The van der Waals surface area contributed by atoms with Gasteiger partial charge < -0.3 is 9.84 Å². The smallest absolute Gasteiger partial charge is 0.417 e. The van der Waals surface area contributed by atoms with E-state index in [1.165, 1.54) is 12.1 Å². The molecule has 0 bridgehead atoms. The average Bonchev–Trinajstić information content (AvgIpc) is 2.86. The van der Waals surface area contributed by atoms with Gasteiger partial charge >= 0.3 is 12.1 Å². The number of nitrogens with zero attached hydrogens (tertiary/aromatic N) is 1. The largest absolute Gasteiger partial charge is 0.493 e. The molecule has 1 N–H and O–H groups in total. The van der Waals surface area contributed by atoms with Crippen LogP contribution in [0.25, 0.3) is 0 Å². The van der Waals surface area contributed by atoms with Crippen molar-refractivity contribution >= 4 is 27.4 Å². The molecule has 3 aromatic rings. The molecule has 3 aromatic carbocycles. The summed E-state index contributed by atoms with van der Waals surface area (Å²) in [6.07, 6.45) is -3.54. The Morgan fingerprint density at radius 3 is 2.38 bits per heavy atom. The molecule has 0 heterocycles. The number of carboxylic acid groups (broad SMARTS) is 1. The predicted molar refractivity (Wildman–Crippen MR) is 143 cm³/mol. The monoisotopic (exact) mass is 601 g/mol. The van der Waals surface area contributed by atoms with Crippen molar-refractivity contribution in [1.82, 2.24) is 4.90 Å². The Kier molecular flexibility index (Phi) is 10.6. The van der Waals surface area contributed by atoms with Gasteiger partial charge in [-0.25, -0.2) is 12.8 Å². The SMILES string of the molecule is CS(=O)(=O)c1cc(OCCCN(CCc2ccccc2)Cc2cccc(C(F)(F)F)c2Cl)cc(F)c1CC(=O)O. The van der Waals surface area contributed by atoms with E-state index >= 15 is 0 Å². The molecule has 12 heteroatoms. The number of carboxylic acids is 1. The highest BCUT2D eigenvalue weighted by Gasteiger charge is 2.34. The number of rotatable bonds is 13. The zero-order valence-electron chi connectivity index (χ0n) is 21.5. The summed E-state index contributed by atoms with van der Waals surface area (Å²) in [7, 11) is -3.94. The molecule has 3 rings (SSSR count). The maximum atomic E-state index is 14.6. The van der Waals surface area contributed by atoms with E-state index in [1.54, 1.807) is 0 Å². The van der Waals surface area contributed by atoms with Gasteiger partial charge in [-0.15, -0.1) is 0 Å². The minimum atomic E-state index is -4.59.